The molecule has 0 aromatic heterocycles. The standard InChI is InChI=1S/C19H24FNO4/c1-19(2,3)17(23)14-15(12-8-5-6-9-13(12)20)21(10-7-11-25-4)18(24)16(14)22/h5-6,8-9,15,22H,7,10-11H2,1-4H3. The molecule has 136 valence electrons. The lowest BCUT2D eigenvalue weighted by molar-refractivity contribution is -0.129. The maximum atomic E-state index is 14.4. The van der Waals surface area contributed by atoms with Gasteiger partial charge in [0.15, 0.2) is 11.5 Å². The zero-order valence-electron chi connectivity index (χ0n) is 15.0. The van der Waals surface area contributed by atoms with Crippen LogP contribution in [-0.4, -0.2) is 42.0 Å². The number of ketones is 1. The second kappa shape index (κ2) is 7.35. The van der Waals surface area contributed by atoms with Gasteiger partial charge in [0, 0.05) is 31.2 Å². The average Bonchev–Trinajstić information content (AvgIpc) is 2.78. The number of aliphatic hydroxyl groups is 1. The van der Waals surface area contributed by atoms with Crippen LogP contribution >= 0.6 is 0 Å². The number of Topliss-reactive ketones (excluding diaryl/α,β-unsaturated/α-hetero) is 1. The number of hydrogen-bond acceptors (Lipinski definition) is 4. The largest absolute Gasteiger partial charge is 0.503 e. The molecule has 0 saturated heterocycles. The Bertz CT molecular complexity index is 706. The number of benzene rings is 1. The van der Waals surface area contributed by atoms with Crippen molar-refractivity contribution in [2.75, 3.05) is 20.3 Å². The SMILES string of the molecule is COCCCN1C(=O)C(O)=C(C(=O)C(C)(C)C)C1c1ccccc1F. The van der Waals surface area contributed by atoms with Gasteiger partial charge < -0.3 is 14.7 Å². The molecule has 1 aromatic rings. The summed E-state index contributed by atoms with van der Waals surface area (Å²) in [7, 11) is 1.55. The summed E-state index contributed by atoms with van der Waals surface area (Å²) in [6, 6.07) is 5.06. The quantitative estimate of drug-likeness (QED) is 0.801. The van der Waals surface area contributed by atoms with Gasteiger partial charge in [0.1, 0.15) is 5.82 Å². The molecule has 6 heteroatoms. The third-order valence-corrected chi connectivity index (χ3v) is 4.18. The number of aliphatic hydroxyl groups excluding tert-OH is 1. The summed E-state index contributed by atoms with van der Waals surface area (Å²) in [6.45, 7) is 5.76. The number of ether oxygens (including phenoxy) is 1. The van der Waals surface area contributed by atoms with E-state index in [1.165, 1.54) is 17.0 Å². The Morgan fingerprint density at radius 3 is 2.52 bits per heavy atom. The fraction of sp³-hybridized carbons (Fsp3) is 0.474. The Labute approximate surface area is 147 Å². The molecule has 0 spiro atoms. The molecule has 0 bridgehead atoms. The monoisotopic (exact) mass is 349 g/mol. The van der Waals surface area contributed by atoms with Crippen LogP contribution in [0.5, 0.6) is 0 Å². The van der Waals surface area contributed by atoms with Crippen molar-refractivity contribution in [2.24, 2.45) is 5.41 Å². The summed E-state index contributed by atoms with van der Waals surface area (Å²) in [5.41, 5.74) is -0.653. The highest BCUT2D eigenvalue weighted by Crippen LogP contribution is 2.41. The number of methoxy groups -OCH3 is 1. The molecule has 5 nitrogen and oxygen atoms in total. The van der Waals surface area contributed by atoms with Crippen LogP contribution < -0.4 is 0 Å². The normalized spacial score (nSPS) is 18.2. The molecule has 0 saturated carbocycles. The first-order chi connectivity index (χ1) is 11.7. The highest BCUT2D eigenvalue weighted by Gasteiger charge is 2.46. The Morgan fingerprint density at radius 2 is 1.96 bits per heavy atom. The first-order valence-electron chi connectivity index (χ1n) is 8.22. The van der Waals surface area contributed by atoms with Crippen molar-refractivity contribution in [2.45, 2.75) is 33.2 Å². The number of carbonyl (C=O) groups excluding carboxylic acids is 2. The first-order valence-corrected chi connectivity index (χ1v) is 8.22. The number of nitrogens with zero attached hydrogens (tertiary/aromatic N) is 1. The van der Waals surface area contributed by atoms with Crippen molar-refractivity contribution in [1.29, 1.82) is 0 Å². The Balaban J connectivity index is 2.53. The number of amides is 1. The van der Waals surface area contributed by atoms with Gasteiger partial charge in [0.25, 0.3) is 5.91 Å². The van der Waals surface area contributed by atoms with Crippen LogP contribution in [0.25, 0.3) is 0 Å². The third-order valence-electron chi connectivity index (χ3n) is 4.18. The van der Waals surface area contributed by atoms with E-state index in [4.69, 9.17) is 4.74 Å². The van der Waals surface area contributed by atoms with Crippen LogP contribution in [0, 0.1) is 11.2 Å². The van der Waals surface area contributed by atoms with Crippen LogP contribution in [0.2, 0.25) is 0 Å². The predicted octanol–water partition coefficient (Wildman–Crippen LogP) is 3.17. The molecule has 1 aliphatic rings. The van der Waals surface area contributed by atoms with Gasteiger partial charge in [-0.2, -0.15) is 0 Å². The molecule has 1 aromatic carbocycles. The summed E-state index contributed by atoms with van der Waals surface area (Å²) in [5.74, 6) is -2.14. The van der Waals surface area contributed by atoms with Gasteiger partial charge in [-0.3, -0.25) is 9.59 Å². The fourth-order valence-electron chi connectivity index (χ4n) is 2.92. The summed E-state index contributed by atoms with van der Waals surface area (Å²) in [6.07, 6.45) is 0.511. The fourth-order valence-corrected chi connectivity index (χ4v) is 2.92. The van der Waals surface area contributed by atoms with E-state index >= 15 is 0 Å². The first kappa shape index (κ1) is 19.1. The molecule has 0 fully saturated rings. The van der Waals surface area contributed by atoms with Crippen molar-refractivity contribution in [3.63, 3.8) is 0 Å². The molecular formula is C19H24FNO4. The van der Waals surface area contributed by atoms with Crippen molar-refractivity contribution in [3.05, 3.63) is 47.0 Å². The minimum absolute atomic E-state index is 0.0417. The van der Waals surface area contributed by atoms with E-state index in [9.17, 15) is 19.1 Å². The summed E-state index contributed by atoms with van der Waals surface area (Å²) < 4.78 is 19.4. The number of hydrogen-bond donors (Lipinski definition) is 1. The molecule has 0 radical (unpaired) electrons. The Kier molecular flexibility index (Phi) is 5.62. The maximum absolute atomic E-state index is 14.4. The Hall–Kier alpha value is -2.21. The van der Waals surface area contributed by atoms with Crippen molar-refractivity contribution in [1.82, 2.24) is 4.90 Å². The van der Waals surface area contributed by atoms with Gasteiger partial charge in [-0.1, -0.05) is 39.0 Å². The molecule has 1 heterocycles. The zero-order valence-corrected chi connectivity index (χ0v) is 15.0. The van der Waals surface area contributed by atoms with Gasteiger partial charge in [0.05, 0.1) is 11.6 Å². The third kappa shape index (κ3) is 3.74. The van der Waals surface area contributed by atoms with Gasteiger partial charge in [0.2, 0.25) is 0 Å². The number of halogens is 1. The van der Waals surface area contributed by atoms with Crippen molar-refractivity contribution in [3.8, 4) is 0 Å². The highest BCUT2D eigenvalue weighted by molar-refractivity contribution is 6.10. The summed E-state index contributed by atoms with van der Waals surface area (Å²) >= 11 is 0. The second-order valence-corrected chi connectivity index (χ2v) is 7.11. The predicted molar refractivity (Wildman–Crippen MR) is 91.5 cm³/mol. The smallest absolute Gasteiger partial charge is 0.290 e. The van der Waals surface area contributed by atoms with E-state index in [-0.39, 0.29) is 23.5 Å². The van der Waals surface area contributed by atoms with Gasteiger partial charge in [-0.15, -0.1) is 0 Å². The van der Waals surface area contributed by atoms with E-state index in [2.05, 4.69) is 0 Å². The van der Waals surface area contributed by atoms with Crippen LogP contribution in [0.15, 0.2) is 35.6 Å². The second-order valence-electron chi connectivity index (χ2n) is 7.11. The average molecular weight is 349 g/mol. The van der Waals surface area contributed by atoms with Crippen LogP contribution in [0.1, 0.15) is 38.8 Å². The minimum atomic E-state index is -0.933. The van der Waals surface area contributed by atoms with E-state index < -0.39 is 28.9 Å². The van der Waals surface area contributed by atoms with E-state index in [1.807, 2.05) is 0 Å². The molecule has 0 aliphatic carbocycles. The summed E-state index contributed by atoms with van der Waals surface area (Å²) in [5, 5.41) is 10.4. The molecule has 1 atom stereocenters. The summed E-state index contributed by atoms with van der Waals surface area (Å²) in [4.78, 5) is 26.7. The van der Waals surface area contributed by atoms with Crippen molar-refractivity contribution < 1.29 is 23.8 Å². The molecular weight excluding hydrogens is 325 g/mol. The van der Waals surface area contributed by atoms with Crippen LogP contribution in [0.3, 0.4) is 0 Å². The molecule has 25 heavy (non-hydrogen) atoms. The van der Waals surface area contributed by atoms with Gasteiger partial charge in [-0.25, -0.2) is 4.39 Å². The molecule has 1 aliphatic heterocycles. The van der Waals surface area contributed by atoms with E-state index in [0.717, 1.165) is 0 Å². The lowest BCUT2D eigenvalue weighted by atomic mass is 9.82. The number of carbonyl (C=O) groups is 2. The van der Waals surface area contributed by atoms with Crippen LogP contribution in [-0.2, 0) is 14.3 Å². The van der Waals surface area contributed by atoms with Crippen molar-refractivity contribution >= 4 is 11.7 Å². The van der Waals surface area contributed by atoms with Crippen LogP contribution in [0.4, 0.5) is 4.39 Å². The topological polar surface area (TPSA) is 66.8 Å². The molecule has 2 rings (SSSR count). The zero-order chi connectivity index (χ0) is 18.8. The molecule has 1 amide bonds. The molecule has 1 unspecified atom stereocenters. The highest BCUT2D eigenvalue weighted by atomic mass is 19.1. The maximum Gasteiger partial charge on any atom is 0.290 e. The van der Waals surface area contributed by atoms with E-state index in [0.29, 0.717) is 13.0 Å². The van der Waals surface area contributed by atoms with E-state index in [1.54, 1.807) is 40.0 Å². The minimum Gasteiger partial charge on any atom is -0.503 e. The lowest BCUT2D eigenvalue weighted by Gasteiger charge is -2.29. The van der Waals surface area contributed by atoms with Gasteiger partial charge in [-0.05, 0) is 12.5 Å². The lowest BCUT2D eigenvalue weighted by Crippen LogP contribution is -2.34. The molecule has 1 N–H and O–H groups in total. The number of rotatable bonds is 6. The van der Waals surface area contributed by atoms with Gasteiger partial charge >= 0.3 is 0 Å². The Morgan fingerprint density at radius 1 is 1.32 bits per heavy atom.